The van der Waals surface area contributed by atoms with Gasteiger partial charge in [0, 0.05) is 22.7 Å². The van der Waals surface area contributed by atoms with Gasteiger partial charge < -0.3 is 19.2 Å². The Balaban J connectivity index is 1.63. The normalized spacial score (nSPS) is 11.8. The number of amides is 1. The summed E-state index contributed by atoms with van der Waals surface area (Å²) in [6.07, 6.45) is 0. The lowest BCUT2D eigenvalue weighted by molar-refractivity contribution is -0.116. The summed E-state index contributed by atoms with van der Waals surface area (Å²) < 4.78 is 16.5. The van der Waals surface area contributed by atoms with E-state index in [-0.39, 0.29) is 17.5 Å². The first-order chi connectivity index (χ1) is 15.9. The topological polar surface area (TPSA) is 77.8 Å². The molecule has 0 bridgehead atoms. The summed E-state index contributed by atoms with van der Waals surface area (Å²) in [7, 11) is 3.03. The second-order valence-corrected chi connectivity index (χ2v) is 7.86. The predicted octanol–water partition coefficient (Wildman–Crippen LogP) is 5.91. The number of hydrogen-bond donors (Lipinski definition) is 1. The molecule has 0 spiro atoms. The quantitative estimate of drug-likeness (QED) is 0.272. The van der Waals surface area contributed by atoms with Crippen LogP contribution < -0.4 is 14.8 Å². The van der Waals surface area contributed by atoms with Crippen LogP contribution in [0.4, 0.5) is 5.69 Å². The Morgan fingerprint density at radius 3 is 2.42 bits per heavy atom. The molecule has 168 valence electrons. The van der Waals surface area contributed by atoms with Crippen LogP contribution in [0.5, 0.6) is 11.5 Å². The zero-order valence-electron chi connectivity index (χ0n) is 18.3. The largest absolute Gasteiger partial charge is 0.497 e. The molecule has 0 aliphatic carbocycles. The van der Waals surface area contributed by atoms with Crippen LogP contribution >= 0.6 is 11.6 Å². The highest BCUT2D eigenvalue weighted by Crippen LogP contribution is 2.33. The maximum Gasteiger partial charge on any atom is 0.246 e. The Morgan fingerprint density at radius 1 is 0.970 bits per heavy atom. The van der Waals surface area contributed by atoms with E-state index in [4.69, 9.17) is 25.5 Å². The summed E-state index contributed by atoms with van der Waals surface area (Å²) in [4.78, 5) is 25.9. The molecule has 1 heterocycles. The van der Waals surface area contributed by atoms with Gasteiger partial charge >= 0.3 is 0 Å². The maximum atomic E-state index is 13.3. The van der Waals surface area contributed by atoms with Crippen LogP contribution in [0.2, 0.25) is 0 Å². The first kappa shape index (κ1) is 22.4. The molecule has 1 aromatic heterocycles. The minimum Gasteiger partial charge on any atom is -0.497 e. The van der Waals surface area contributed by atoms with Crippen LogP contribution in [-0.2, 0) is 4.79 Å². The number of nitrogens with one attached hydrogen (secondary N) is 1. The van der Waals surface area contributed by atoms with E-state index in [0.29, 0.717) is 39.5 Å². The van der Waals surface area contributed by atoms with E-state index in [2.05, 4.69) is 5.32 Å². The number of anilines is 1. The van der Waals surface area contributed by atoms with Crippen molar-refractivity contribution in [2.75, 3.05) is 19.5 Å². The number of ether oxygens (including phenoxy) is 2. The Morgan fingerprint density at radius 2 is 1.73 bits per heavy atom. The SMILES string of the molecule is COc1ccc(OC)c(C(=O)c2oc3cc(NC(=O)C(Cl)c4ccccc4)ccc3c2C)c1. The predicted molar refractivity (Wildman–Crippen MR) is 128 cm³/mol. The van der Waals surface area contributed by atoms with E-state index in [1.165, 1.54) is 14.2 Å². The van der Waals surface area contributed by atoms with Gasteiger partial charge in [0.1, 0.15) is 22.5 Å². The molecule has 33 heavy (non-hydrogen) atoms. The number of carbonyl (C=O) groups is 2. The second kappa shape index (κ2) is 9.38. The molecule has 1 atom stereocenters. The van der Waals surface area contributed by atoms with Crippen molar-refractivity contribution in [2.24, 2.45) is 0 Å². The van der Waals surface area contributed by atoms with Crippen molar-refractivity contribution in [3.63, 3.8) is 0 Å². The minimum absolute atomic E-state index is 0.194. The summed E-state index contributed by atoms with van der Waals surface area (Å²) >= 11 is 6.31. The molecule has 0 saturated carbocycles. The van der Waals surface area contributed by atoms with Crippen LogP contribution in [0.3, 0.4) is 0 Å². The summed E-state index contributed by atoms with van der Waals surface area (Å²) in [5.74, 6) is 0.465. The molecule has 4 aromatic rings. The fraction of sp³-hybridized carbons (Fsp3) is 0.154. The van der Waals surface area contributed by atoms with Crippen molar-refractivity contribution in [3.8, 4) is 11.5 Å². The van der Waals surface area contributed by atoms with Crippen molar-refractivity contribution in [2.45, 2.75) is 12.3 Å². The average Bonchev–Trinajstić information content (AvgIpc) is 3.18. The lowest BCUT2D eigenvalue weighted by Gasteiger charge is -2.10. The average molecular weight is 464 g/mol. The van der Waals surface area contributed by atoms with Crippen LogP contribution in [-0.4, -0.2) is 25.9 Å². The highest BCUT2D eigenvalue weighted by molar-refractivity contribution is 6.32. The standard InChI is InChI=1S/C26H22ClNO5/c1-15-19-11-9-17(28-26(30)23(27)16-7-5-4-6-8-16)13-22(19)33-25(15)24(29)20-14-18(31-2)10-12-21(20)32-3/h4-14,23H,1-3H3,(H,28,30). The number of aryl methyl sites for hydroxylation is 1. The highest BCUT2D eigenvalue weighted by Gasteiger charge is 2.24. The van der Waals surface area contributed by atoms with Crippen LogP contribution in [0.15, 0.2) is 71.1 Å². The summed E-state index contributed by atoms with van der Waals surface area (Å²) in [6, 6.07) is 19.3. The zero-order chi connectivity index (χ0) is 23.5. The molecule has 4 rings (SSSR count). The molecule has 7 heteroatoms. The molecule has 3 aromatic carbocycles. The number of methoxy groups -OCH3 is 2. The molecule has 0 fully saturated rings. The first-order valence-corrected chi connectivity index (χ1v) is 10.7. The van der Waals surface area contributed by atoms with Gasteiger partial charge in [0.05, 0.1) is 19.8 Å². The first-order valence-electron chi connectivity index (χ1n) is 10.2. The van der Waals surface area contributed by atoms with E-state index < -0.39 is 5.38 Å². The number of hydrogen-bond acceptors (Lipinski definition) is 5. The fourth-order valence-corrected chi connectivity index (χ4v) is 3.81. The molecule has 1 amide bonds. The number of benzene rings is 3. The fourth-order valence-electron chi connectivity index (χ4n) is 3.61. The summed E-state index contributed by atoms with van der Waals surface area (Å²) in [5, 5.41) is 2.73. The molecule has 0 aliphatic heterocycles. The van der Waals surface area contributed by atoms with Gasteiger partial charge in [0.15, 0.2) is 5.76 Å². The van der Waals surface area contributed by atoms with E-state index in [1.54, 1.807) is 48.5 Å². The number of alkyl halides is 1. The van der Waals surface area contributed by atoms with Gasteiger partial charge in [0.25, 0.3) is 0 Å². The molecule has 1 unspecified atom stereocenters. The molecule has 0 aliphatic rings. The van der Waals surface area contributed by atoms with Crippen LogP contribution in [0.25, 0.3) is 11.0 Å². The number of furan rings is 1. The highest BCUT2D eigenvalue weighted by atomic mass is 35.5. The van der Waals surface area contributed by atoms with Crippen molar-refractivity contribution in [1.29, 1.82) is 0 Å². The van der Waals surface area contributed by atoms with Gasteiger partial charge in [-0.2, -0.15) is 0 Å². The van der Waals surface area contributed by atoms with Crippen molar-refractivity contribution in [1.82, 2.24) is 0 Å². The van der Waals surface area contributed by atoms with Crippen LogP contribution in [0.1, 0.15) is 32.6 Å². The van der Waals surface area contributed by atoms with Gasteiger partial charge in [-0.1, -0.05) is 30.3 Å². The third kappa shape index (κ3) is 4.43. The van der Waals surface area contributed by atoms with Gasteiger partial charge in [-0.25, -0.2) is 0 Å². The third-order valence-electron chi connectivity index (χ3n) is 5.39. The monoisotopic (exact) mass is 463 g/mol. The van der Waals surface area contributed by atoms with Crippen molar-refractivity contribution < 1.29 is 23.5 Å². The Kier molecular flexibility index (Phi) is 6.38. The molecular weight excluding hydrogens is 442 g/mol. The minimum atomic E-state index is -0.835. The number of carbonyl (C=O) groups excluding carboxylic acids is 2. The molecule has 0 radical (unpaired) electrons. The van der Waals surface area contributed by atoms with Crippen LogP contribution in [0, 0.1) is 6.92 Å². The number of fused-ring (bicyclic) bond motifs is 1. The number of ketones is 1. The van der Waals surface area contributed by atoms with Crippen molar-refractivity contribution >= 4 is 39.9 Å². The van der Waals surface area contributed by atoms with Crippen molar-refractivity contribution in [3.05, 3.63) is 89.2 Å². The Hall–Kier alpha value is -3.77. The summed E-state index contributed by atoms with van der Waals surface area (Å²) in [5.41, 5.74) is 2.71. The molecule has 6 nitrogen and oxygen atoms in total. The zero-order valence-corrected chi connectivity index (χ0v) is 19.1. The molecular formula is C26H22ClNO5. The van der Waals surface area contributed by atoms with E-state index >= 15 is 0 Å². The van der Waals surface area contributed by atoms with Gasteiger partial charge in [0.2, 0.25) is 11.7 Å². The molecule has 1 N–H and O–H groups in total. The third-order valence-corrected chi connectivity index (χ3v) is 5.84. The molecule has 0 saturated heterocycles. The lowest BCUT2D eigenvalue weighted by atomic mass is 10.0. The van der Waals surface area contributed by atoms with Gasteiger partial charge in [-0.15, -0.1) is 11.6 Å². The second-order valence-electron chi connectivity index (χ2n) is 7.42. The van der Waals surface area contributed by atoms with E-state index in [0.717, 1.165) is 5.39 Å². The van der Waals surface area contributed by atoms with Gasteiger partial charge in [-0.3, -0.25) is 9.59 Å². The lowest BCUT2D eigenvalue weighted by Crippen LogP contribution is -2.17. The number of rotatable bonds is 7. The van der Waals surface area contributed by atoms with E-state index in [1.807, 2.05) is 25.1 Å². The Bertz CT molecular complexity index is 1330. The Labute approximate surface area is 196 Å². The number of halogens is 1. The maximum absolute atomic E-state index is 13.3. The van der Waals surface area contributed by atoms with E-state index in [9.17, 15) is 9.59 Å². The smallest absolute Gasteiger partial charge is 0.246 e. The van der Waals surface area contributed by atoms with Gasteiger partial charge in [-0.05, 0) is 42.8 Å². The summed E-state index contributed by atoms with van der Waals surface area (Å²) in [6.45, 7) is 1.81.